The number of furan rings is 1. The van der Waals surface area contributed by atoms with Gasteiger partial charge in [-0.15, -0.1) is 0 Å². The van der Waals surface area contributed by atoms with Crippen molar-refractivity contribution in [3.8, 4) is 5.75 Å². The molecule has 4 heteroatoms. The third kappa shape index (κ3) is 5.61. The summed E-state index contributed by atoms with van der Waals surface area (Å²) in [5.41, 5.74) is 0. The van der Waals surface area contributed by atoms with Gasteiger partial charge in [0, 0.05) is 6.54 Å². The second-order valence-corrected chi connectivity index (χ2v) is 5.09. The van der Waals surface area contributed by atoms with Gasteiger partial charge in [-0.2, -0.15) is 0 Å². The standard InChI is InChI=1S/C17H23NO3/c1-2-10-18(13-17-9-6-11-20-17)12-15(19)14-21-16-7-4-3-5-8-16/h3-9,11,15,19H,2,10,12-14H2,1H3. The van der Waals surface area contributed by atoms with Crippen LogP contribution in [0.1, 0.15) is 19.1 Å². The highest BCUT2D eigenvalue weighted by molar-refractivity contribution is 5.20. The number of benzene rings is 1. The lowest BCUT2D eigenvalue weighted by atomic mass is 10.3. The molecule has 0 fully saturated rings. The number of nitrogens with zero attached hydrogens (tertiary/aromatic N) is 1. The van der Waals surface area contributed by atoms with E-state index in [1.165, 1.54) is 0 Å². The van der Waals surface area contributed by atoms with E-state index in [4.69, 9.17) is 9.15 Å². The molecule has 1 aromatic carbocycles. The summed E-state index contributed by atoms with van der Waals surface area (Å²) >= 11 is 0. The van der Waals surface area contributed by atoms with Crippen LogP contribution in [0.5, 0.6) is 5.75 Å². The Morgan fingerprint density at radius 2 is 2.00 bits per heavy atom. The van der Waals surface area contributed by atoms with Crippen molar-refractivity contribution >= 4 is 0 Å². The summed E-state index contributed by atoms with van der Waals surface area (Å²) in [6.45, 7) is 4.62. The summed E-state index contributed by atoms with van der Waals surface area (Å²) in [5.74, 6) is 1.70. The topological polar surface area (TPSA) is 45.8 Å². The number of hydrogen-bond acceptors (Lipinski definition) is 4. The quantitative estimate of drug-likeness (QED) is 0.771. The van der Waals surface area contributed by atoms with Crippen LogP contribution in [0.3, 0.4) is 0 Å². The van der Waals surface area contributed by atoms with E-state index in [2.05, 4.69) is 11.8 Å². The molecule has 0 radical (unpaired) electrons. The van der Waals surface area contributed by atoms with Crippen LogP contribution in [0.2, 0.25) is 0 Å². The van der Waals surface area contributed by atoms with Crippen LogP contribution < -0.4 is 4.74 Å². The summed E-state index contributed by atoms with van der Waals surface area (Å²) in [6.07, 6.45) is 2.19. The number of aliphatic hydroxyl groups excluding tert-OH is 1. The Morgan fingerprint density at radius 1 is 1.19 bits per heavy atom. The molecule has 0 amide bonds. The molecule has 1 heterocycles. The highest BCUT2D eigenvalue weighted by Crippen LogP contribution is 2.10. The largest absolute Gasteiger partial charge is 0.491 e. The van der Waals surface area contributed by atoms with Crippen LogP contribution in [0.25, 0.3) is 0 Å². The molecule has 0 saturated heterocycles. The Bertz CT molecular complexity index is 484. The van der Waals surface area contributed by atoms with Crippen molar-refractivity contribution in [3.63, 3.8) is 0 Å². The van der Waals surface area contributed by atoms with Crippen molar-refractivity contribution < 1.29 is 14.3 Å². The molecule has 0 bridgehead atoms. The molecule has 2 aromatic rings. The summed E-state index contributed by atoms with van der Waals surface area (Å²) in [6, 6.07) is 13.4. The average Bonchev–Trinajstić information content (AvgIpc) is 2.99. The first kappa shape index (κ1) is 15.6. The molecule has 1 aromatic heterocycles. The Balaban J connectivity index is 1.79. The third-order valence-electron chi connectivity index (χ3n) is 3.15. The fraction of sp³-hybridized carbons (Fsp3) is 0.412. The predicted molar refractivity (Wildman–Crippen MR) is 82.2 cm³/mol. The van der Waals surface area contributed by atoms with Crippen LogP contribution in [-0.2, 0) is 6.54 Å². The molecule has 0 aliphatic carbocycles. The Kier molecular flexibility index (Phi) is 6.31. The fourth-order valence-corrected chi connectivity index (χ4v) is 2.23. The average molecular weight is 289 g/mol. The molecule has 2 rings (SSSR count). The monoisotopic (exact) mass is 289 g/mol. The molecule has 1 N–H and O–H groups in total. The van der Waals surface area contributed by atoms with Gasteiger partial charge in [0.25, 0.3) is 0 Å². The second-order valence-electron chi connectivity index (χ2n) is 5.09. The van der Waals surface area contributed by atoms with Gasteiger partial charge in [0.1, 0.15) is 24.2 Å². The van der Waals surface area contributed by atoms with E-state index in [0.29, 0.717) is 19.7 Å². The minimum absolute atomic E-state index is 0.294. The van der Waals surface area contributed by atoms with E-state index in [1.54, 1.807) is 6.26 Å². The van der Waals surface area contributed by atoms with Crippen molar-refractivity contribution in [2.24, 2.45) is 0 Å². The second kappa shape index (κ2) is 8.49. The molecular formula is C17H23NO3. The van der Waals surface area contributed by atoms with Gasteiger partial charge in [0.2, 0.25) is 0 Å². The van der Waals surface area contributed by atoms with Crippen LogP contribution in [0.4, 0.5) is 0 Å². The Hall–Kier alpha value is -1.78. The molecule has 0 spiro atoms. The zero-order valence-corrected chi connectivity index (χ0v) is 12.4. The number of aliphatic hydroxyl groups is 1. The summed E-state index contributed by atoms with van der Waals surface area (Å²) < 4.78 is 10.9. The minimum Gasteiger partial charge on any atom is -0.491 e. The van der Waals surface area contributed by atoms with Gasteiger partial charge in [0.15, 0.2) is 0 Å². The maximum absolute atomic E-state index is 10.1. The Labute approximate surface area is 126 Å². The Morgan fingerprint density at radius 3 is 2.67 bits per heavy atom. The lowest BCUT2D eigenvalue weighted by Crippen LogP contribution is -2.35. The van der Waals surface area contributed by atoms with Crippen molar-refractivity contribution in [2.45, 2.75) is 26.0 Å². The third-order valence-corrected chi connectivity index (χ3v) is 3.15. The van der Waals surface area contributed by atoms with Gasteiger partial charge in [0.05, 0.1) is 12.8 Å². The molecule has 4 nitrogen and oxygen atoms in total. The van der Waals surface area contributed by atoms with Gasteiger partial charge in [-0.05, 0) is 37.2 Å². The van der Waals surface area contributed by atoms with E-state index in [1.807, 2.05) is 42.5 Å². The first-order chi connectivity index (χ1) is 10.3. The minimum atomic E-state index is -0.522. The lowest BCUT2D eigenvalue weighted by Gasteiger charge is -2.23. The molecule has 0 saturated carbocycles. The van der Waals surface area contributed by atoms with E-state index < -0.39 is 6.10 Å². The molecule has 0 aliphatic rings. The van der Waals surface area contributed by atoms with Crippen LogP contribution in [-0.4, -0.2) is 35.8 Å². The van der Waals surface area contributed by atoms with Crippen molar-refractivity contribution in [1.29, 1.82) is 0 Å². The highest BCUT2D eigenvalue weighted by Gasteiger charge is 2.13. The molecule has 114 valence electrons. The zero-order chi connectivity index (χ0) is 14.9. The summed E-state index contributed by atoms with van der Waals surface area (Å²) in [5, 5.41) is 10.1. The van der Waals surface area contributed by atoms with Gasteiger partial charge in [-0.3, -0.25) is 4.90 Å². The first-order valence-corrected chi connectivity index (χ1v) is 7.38. The zero-order valence-electron chi connectivity index (χ0n) is 12.4. The molecule has 1 atom stereocenters. The van der Waals surface area contributed by atoms with Gasteiger partial charge in [-0.1, -0.05) is 25.1 Å². The first-order valence-electron chi connectivity index (χ1n) is 7.38. The number of hydrogen-bond donors (Lipinski definition) is 1. The number of rotatable bonds is 9. The summed E-state index contributed by atoms with van der Waals surface area (Å²) in [7, 11) is 0. The van der Waals surface area contributed by atoms with E-state index in [9.17, 15) is 5.11 Å². The van der Waals surface area contributed by atoms with Crippen molar-refractivity contribution in [2.75, 3.05) is 19.7 Å². The maximum atomic E-state index is 10.1. The van der Waals surface area contributed by atoms with E-state index in [0.717, 1.165) is 24.5 Å². The predicted octanol–water partition coefficient (Wildman–Crippen LogP) is 2.93. The smallest absolute Gasteiger partial charge is 0.119 e. The van der Waals surface area contributed by atoms with Crippen molar-refractivity contribution in [3.05, 3.63) is 54.5 Å². The maximum Gasteiger partial charge on any atom is 0.119 e. The van der Waals surface area contributed by atoms with Crippen LogP contribution >= 0.6 is 0 Å². The van der Waals surface area contributed by atoms with Crippen molar-refractivity contribution in [1.82, 2.24) is 4.90 Å². The number of para-hydroxylation sites is 1. The summed E-state index contributed by atoms with van der Waals surface area (Å²) in [4.78, 5) is 2.18. The fourth-order valence-electron chi connectivity index (χ4n) is 2.23. The number of ether oxygens (including phenoxy) is 1. The van der Waals surface area contributed by atoms with Gasteiger partial charge in [-0.25, -0.2) is 0 Å². The SMILES string of the molecule is CCCN(Cc1ccco1)CC(O)COc1ccccc1. The lowest BCUT2D eigenvalue weighted by molar-refractivity contribution is 0.0633. The molecule has 21 heavy (non-hydrogen) atoms. The van der Waals surface area contributed by atoms with E-state index >= 15 is 0 Å². The van der Waals surface area contributed by atoms with Crippen LogP contribution in [0.15, 0.2) is 53.1 Å². The highest BCUT2D eigenvalue weighted by atomic mass is 16.5. The molecular weight excluding hydrogens is 266 g/mol. The van der Waals surface area contributed by atoms with Gasteiger partial charge < -0.3 is 14.3 Å². The molecule has 0 aliphatic heterocycles. The van der Waals surface area contributed by atoms with E-state index in [-0.39, 0.29) is 0 Å². The van der Waals surface area contributed by atoms with Crippen LogP contribution in [0, 0.1) is 0 Å². The normalized spacial score (nSPS) is 12.5. The molecule has 1 unspecified atom stereocenters. The van der Waals surface area contributed by atoms with Gasteiger partial charge >= 0.3 is 0 Å².